The molecule has 0 aliphatic rings. The third-order valence-corrected chi connectivity index (χ3v) is 2.17. The van der Waals surface area contributed by atoms with Gasteiger partial charge in [0.05, 0.1) is 23.6 Å². The second-order valence-corrected chi connectivity index (χ2v) is 3.45. The van der Waals surface area contributed by atoms with Crippen molar-refractivity contribution in [2.75, 3.05) is 24.7 Å². The van der Waals surface area contributed by atoms with Gasteiger partial charge in [-0.15, -0.1) is 0 Å². The van der Waals surface area contributed by atoms with Crippen LogP contribution in [0.1, 0.15) is 17.3 Å². The van der Waals surface area contributed by atoms with Gasteiger partial charge in [-0.3, -0.25) is 4.79 Å². The molecular weight excluding hydrogens is 208 g/mol. The molecule has 0 bridgehead atoms. The molecule has 6 nitrogen and oxygen atoms in total. The molecule has 0 saturated carbocycles. The van der Waals surface area contributed by atoms with Gasteiger partial charge in [0.2, 0.25) is 0 Å². The lowest BCUT2D eigenvalue weighted by atomic mass is 10.2. The molecule has 1 aromatic rings. The van der Waals surface area contributed by atoms with Crippen molar-refractivity contribution in [3.05, 3.63) is 17.8 Å². The monoisotopic (exact) mass is 224 g/mol. The van der Waals surface area contributed by atoms with Gasteiger partial charge in [-0.25, -0.2) is 4.98 Å². The SMILES string of the molecule is COC(C)CNc1cc(C(N)=O)c(N)cn1. The average molecular weight is 224 g/mol. The number of primary amides is 1. The van der Waals surface area contributed by atoms with E-state index in [2.05, 4.69) is 10.3 Å². The van der Waals surface area contributed by atoms with Gasteiger partial charge >= 0.3 is 0 Å². The van der Waals surface area contributed by atoms with Crippen molar-refractivity contribution in [2.45, 2.75) is 13.0 Å². The summed E-state index contributed by atoms with van der Waals surface area (Å²) in [5, 5.41) is 3.02. The van der Waals surface area contributed by atoms with Gasteiger partial charge in [0.1, 0.15) is 5.82 Å². The van der Waals surface area contributed by atoms with Gasteiger partial charge in [-0.05, 0) is 13.0 Å². The fourth-order valence-corrected chi connectivity index (χ4v) is 1.11. The smallest absolute Gasteiger partial charge is 0.250 e. The fourth-order valence-electron chi connectivity index (χ4n) is 1.11. The largest absolute Gasteiger partial charge is 0.397 e. The number of nitrogens with one attached hydrogen (secondary N) is 1. The number of hydrogen-bond acceptors (Lipinski definition) is 5. The first kappa shape index (κ1) is 12.3. The molecule has 0 aromatic carbocycles. The number of ether oxygens (including phenoxy) is 1. The van der Waals surface area contributed by atoms with Crippen molar-refractivity contribution in [2.24, 2.45) is 5.73 Å². The Morgan fingerprint density at radius 2 is 2.38 bits per heavy atom. The van der Waals surface area contributed by atoms with Crippen LogP contribution in [0.2, 0.25) is 0 Å². The highest BCUT2D eigenvalue weighted by Crippen LogP contribution is 2.14. The first-order valence-electron chi connectivity index (χ1n) is 4.86. The number of amides is 1. The Morgan fingerprint density at radius 3 is 2.94 bits per heavy atom. The summed E-state index contributed by atoms with van der Waals surface area (Å²) in [6.45, 7) is 2.50. The molecule has 1 unspecified atom stereocenters. The Hall–Kier alpha value is -1.82. The minimum Gasteiger partial charge on any atom is -0.397 e. The average Bonchev–Trinajstić information content (AvgIpc) is 2.27. The zero-order chi connectivity index (χ0) is 12.1. The van der Waals surface area contributed by atoms with Gasteiger partial charge in [0.25, 0.3) is 5.91 Å². The highest BCUT2D eigenvalue weighted by Gasteiger charge is 2.08. The molecule has 0 aliphatic heterocycles. The number of pyridine rings is 1. The maximum absolute atomic E-state index is 11.0. The van der Waals surface area contributed by atoms with Crippen LogP contribution >= 0.6 is 0 Å². The van der Waals surface area contributed by atoms with E-state index in [1.54, 1.807) is 7.11 Å². The van der Waals surface area contributed by atoms with Crippen LogP contribution in [0.5, 0.6) is 0 Å². The highest BCUT2D eigenvalue weighted by molar-refractivity contribution is 5.98. The van der Waals surface area contributed by atoms with E-state index in [4.69, 9.17) is 16.2 Å². The molecule has 1 atom stereocenters. The number of nitrogen functional groups attached to an aromatic ring is 1. The standard InChI is InChI=1S/C10H16N4O2/c1-6(16-2)4-13-9-3-7(10(12)15)8(11)5-14-9/h3,5-6H,4,11H2,1-2H3,(H2,12,15)(H,13,14). The Balaban J connectivity index is 2.75. The first-order valence-corrected chi connectivity index (χ1v) is 4.86. The summed E-state index contributed by atoms with van der Waals surface area (Å²) in [6, 6.07) is 1.53. The van der Waals surface area contributed by atoms with E-state index < -0.39 is 5.91 Å². The van der Waals surface area contributed by atoms with E-state index in [0.29, 0.717) is 12.4 Å². The van der Waals surface area contributed by atoms with E-state index >= 15 is 0 Å². The number of anilines is 2. The molecule has 1 heterocycles. The molecule has 5 N–H and O–H groups in total. The van der Waals surface area contributed by atoms with Gasteiger partial charge in [0.15, 0.2) is 0 Å². The third kappa shape index (κ3) is 3.09. The number of rotatable bonds is 5. The van der Waals surface area contributed by atoms with Crippen LogP contribution in [0.15, 0.2) is 12.3 Å². The van der Waals surface area contributed by atoms with Gasteiger partial charge in [0, 0.05) is 13.7 Å². The van der Waals surface area contributed by atoms with Crippen molar-refractivity contribution < 1.29 is 9.53 Å². The highest BCUT2D eigenvalue weighted by atomic mass is 16.5. The lowest BCUT2D eigenvalue weighted by Crippen LogP contribution is -2.20. The maximum atomic E-state index is 11.0. The van der Waals surface area contributed by atoms with Gasteiger partial charge in [-0.2, -0.15) is 0 Å². The molecule has 0 aliphatic carbocycles. The number of nitrogens with two attached hydrogens (primary N) is 2. The fraction of sp³-hybridized carbons (Fsp3) is 0.400. The summed E-state index contributed by atoms with van der Waals surface area (Å²) in [5.74, 6) is -0.0189. The van der Waals surface area contributed by atoms with Gasteiger partial charge < -0.3 is 21.5 Å². The Morgan fingerprint density at radius 1 is 1.69 bits per heavy atom. The van der Waals surface area contributed by atoms with Crippen molar-refractivity contribution in [3.8, 4) is 0 Å². The second-order valence-electron chi connectivity index (χ2n) is 3.45. The van der Waals surface area contributed by atoms with Crippen molar-refractivity contribution in [1.82, 2.24) is 4.98 Å². The van der Waals surface area contributed by atoms with Crippen LogP contribution in [0.25, 0.3) is 0 Å². The lowest BCUT2D eigenvalue weighted by Gasteiger charge is -2.12. The number of aromatic nitrogens is 1. The predicted molar refractivity (Wildman–Crippen MR) is 62.1 cm³/mol. The van der Waals surface area contributed by atoms with E-state index in [1.807, 2.05) is 6.92 Å². The zero-order valence-corrected chi connectivity index (χ0v) is 9.36. The lowest BCUT2D eigenvalue weighted by molar-refractivity contribution is 0.100. The molecule has 0 radical (unpaired) electrons. The van der Waals surface area contributed by atoms with E-state index in [1.165, 1.54) is 12.3 Å². The number of carbonyl (C=O) groups excluding carboxylic acids is 1. The molecule has 0 fully saturated rings. The van der Waals surface area contributed by atoms with Crippen LogP contribution < -0.4 is 16.8 Å². The molecule has 0 saturated heterocycles. The van der Waals surface area contributed by atoms with Crippen LogP contribution in [-0.2, 0) is 4.74 Å². The van der Waals surface area contributed by atoms with Crippen molar-refractivity contribution in [1.29, 1.82) is 0 Å². The number of nitrogens with zero attached hydrogens (tertiary/aromatic N) is 1. The molecule has 1 aromatic heterocycles. The van der Waals surface area contributed by atoms with Crippen LogP contribution in [0.3, 0.4) is 0 Å². The first-order chi connectivity index (χ1) is 7.54. The Labute approximate surface area is 94.0 Å². The summed E-state index contributed by atoms with van der Waals surface area (Å²) in [6.07, 6.45) is 1.45. The summed E-state index contributed by atoms with van der Waals surface area (Å²) in [4.78, 5) is 15.1. The van der Waals surface area contributed by atoms with Crippen molar-refractivity contribution >= 4 is 17.4 Å². The number of methoxy groups -OCH3 is 1. The maximum Gasteiger partial charge on any atom is 0.250 e. The van der Waals surface area contributed by atoms with E-state index in [-0.39, 0.29) is 17.4 Å². The minimum absolute atomic E-state index is 0.0522. The topological polar surface area (TPSA) is 103 Å². The predicted octanol–water partition coefficient (Wildman–Crippen LogP) is 0.209. The Kier molecular flexibility index (Phi) is 4.07. The summed E-state index contributed by atoms with van der Waals surface area (Å²) < 4.78 is 5.07. The summed E-state index contributed by atoms with van der Waals surface area (Å²) in [7, 11) is 1.62. The normalized spacial score (nSPS) is 12.1. The molecule has 16 heavy (non-hydrogen) atoms. The quantitative estimate of drug-likeness (QED) is 0.663. The molecule has 1 rings (SSSR count). The Bertz CT molecular complexity index is 381. The number of hydrogen-bond donors (Lipinski definition) is 3. The molecule has 1 amide bonds. The van der Waals surface area contributed by atoms with Crippen LogP contribution in [0.4, 0.5) is 11.5 Å². The van der Waals surface area contributed by atoms with Crippen LogP contribution in [-0.4, -0.2) is 30.6 Å². The second kappa shape index (κ2) is 5.32. The molecule has 6 heteroatoms. The third-order valence-electron chi connectivity index (χ3n) is 2.17. The number of carbonyl (C=O) groups is 1. The molecule has 88 valence electrons. The van der Waals surface area contributed by atoms with E-state index in [9.17, 15) is 4.79 Å². The van der Waals surface area contributed by atoms with E-state index in [0.717, 1.165) is 0 Å². The van der Waals surface area contributed by atoms with Gasteiger partial charge in [-0.1, -0.05) is 0 Å². The van der Waals surface area contributed by atoms with Crippen molar-refractivity contribution in [3.63, 3.8) is 0 Å². The summed E-state index contributed by atoms with van der Waals surface area (Å²) in [5.41, 5.74) is 11.3. The minimum atomic E-state index is -0.567. The van der Waals surface area contributed by atoms with Crippen LogP contribution in [0, 0.1) is 0 Å². The molecular formula is C10H16N4O2. The summed E-state index contributed by atoms with van der Waals surface area (Å²) >= 11 is 0. The molecule has 0 spiro atoms. The zero-order valence-electron chi connectivity index (χ0n) is 9.36.